The normalized spacial score (nSPS) is 12.8. The van der Waals surface area contributed by atoms with Crippen molar-refractivity contribution in [3.8, 4) is 0 Å². The maximum Gasteiger partial charge on any atom is 0.241 e. The van der Waals surface area contributed by atoms with E-state index in [2.05, 4.69) is 0 Å². The van der Waals surface area contributed by atoms with E-state index < -0.39 is 38.5 Å². The molecule has 22 heavy (non-hydrogen) atoms. The average molecular weight is 326 g/mol. The third-order valence-electron chi connectivity index (χ3n) is 2.84. The molecule has 0 saturated heterocycles. The van der Waals surface area contributed by atoms with Gasteiger partial charge in [0.15, 0.2) is 0 Å². The van der Waals surface area contributed by atoms with Crippen molar-refractivity contribution in [3.63, 3.8) is 0 Å². The first-order valence-corrected chi connectivity index (χ1v) is 7.60. The minimum atomic E-state index is -4.33. The van der Waals surface area contributed by atoms with Gasteiger partial charge in [-0.05, 0) is 17.7 Å². The Morgan fingerprint density at radius 1 is 1.05 bits per heavy atom. The predicted molar refractivity (Wildman–Crippen MR) is 75.1 cm³/mol. The van der Waals surface area contributed by atoms with Gasteiger partial charge in [-0.25, -0.2) is 17.2 Å². The molecular weight excluding hydrogens is 314 g/mol. The summed E-state index contributed by atoms with van der Waals surface area (Å²) in [5.74, 6) is -3.03. The molecule has 8 heteroatoms. The summed E-state index contributed by atoms with van der Waals surface area (Å²) in [6.45, 7) is 0. The van der Waals surface area contributed by atoms with Gasteiger partial charge in [0.1, 0.15) is 17.7 Å². The SMILES string of the molecule is NC(=O)[C@H](NS(=O)(=O)c1cc(F)cc(F)c1)c1ccccc1. The second kappa shape index (κ2) is 6.20. The van der Waals surface area contributed by atoms with Gasteiger partial charge < -0.3 is 5.73 Å². The van der Waals surface area contributed by atoms with Gasteiger partial charge in [0.2, 0.25) is 15.9 Å². The smallest absolute Gasteiger partial charge is 0.241 e. The number of amides is 1. The van der Waals surface area contributed by atoms with Crippen LogP contribution in [-0.2, 0) is 14.8 Å². The number of nitrogens with two attached hydrogens (primary N) is 1. The Morgan fingerprint density at radius 3 is 2.09 bits per heavy atom. The number of benzene rings is 2. The highest BCUT2D eigenvalue weighted by Gasteiger charge is 2.26. The number of hydrogen-bond acceptors (Lipinski definition) is 3. The zero-order valence-corrected chi connectivity index (χ0v) is 12.0. The van der Waals surface area contributed by atoms with Gasteiger partial charge in [-0.2, -0.15) is 4.72 Å². The minimum Gasteiger partial charge on any atom is -0.368 e. The van der Waals surface area contributed by atoms with E-state index in [9.17, 15) is 22.0 Å². The zero-order valence-electron chi connectivity index (χ0n) is 11.2. The van der Waals surface area contributed by atoms with Gasteiger partial charge in [-0.15, -0.1) is 0 Å². The van der Waals surface area contributed by atoms with E-state index in [1.807, 2.05) is 4.72 Å². The van der Waals surface area contributed by atoms with Crippen LogP contribution in [-0.4, -0.2) is 14.3 Å². The summed E-state index contributed by atoms with van der Waals surface area (Å²) < 4.78 is 52.7. The molecule has 0 aromatic heterocycles. The van der Waals surface area contributed by atoms with Gasteiger partial charge in [0, 0.05) is 6.07 Å². The number of carbonyl (C=O) groups is 1. The largest absolute Gasteiger partial charge is 0.368 e. The molecule has 0 spiro atoms. The fourth-order valence-electron chi connectivity index (χ4n) is 1.84. The van der Waals surface area contributed by atoms with Crippen LogP contribution in [0.5, 0.6) is 0 Å². The summed E-state index contributed by atoms with van der Waals surface area (Å²) in [7, 11) is -4.33. The monoisotopic (exact) mass is 326 g/mol. The van der Waals surface area contributed by atoms with Crippen molar-refractivity contribution in [2.24, 2.45) is 5.73 Å². The van der Waals surface area contributed by atoms with Crippen molar-refractivity contribution in [1.82, 2.24) is 4.72 Å². The molecule has 2 aromatic carbocycles. The third kappa shape index (κ3) is 3.66. The number of primary amides is 1. The average Bonchev–Trinajstić information content (AvgIpc) is 2.44. The van der Waals surface area contributed by atoms with E-state index in [0.717, 1.165) is 0 Å². The molecule has 1 atom stereocenters. The molecule has 2 rings (SSSR count). The Kier molecular flexibility index (Phi) is 4.53. The fraction of sp³-hybridized carbons (Fsp3) is 0.0714. The van der Waals surface area contributed by atoms with Crippen LogP contribution in [0, 0.1) is 11.6 Å². The van der Waals surface area contributed by atoms with Crippen molar-refractivity contribution < 1.29 is 22.0 Å². The highest BCUT2D eigenvalue weighted by atomic mass is 32.2. The Labute approximate surface area is 125 Å². The first-order valence-electron chi connectivity index (χ1n) is 6.12. The third-order valence-corrected chi connectivity index (χ3v) is 4.24. The van der Waals surface area contributed by atoms with Crippen LogP contribution in [0.15, 0.2) is 53.4 Å². The summed E-state index contributed by atoms with van der Waals surface area (Å²) >= 11 is 0. The predicted octanol–water partition coefficient (Wildman–Crippen LogP) is 1.47. The lowest BCUT2D eigenvalue weighted by Gasteiger charge is -2.16. The summed E-state index contributed by atoms with van der Waals surface area (Å²) in [6, 6.07) is 8.37. The fourth-order valence-corrected chi connectivity index (χ4v) is 3.08. The number of halogens is 2. The second-order valence-electron chi connectivity index (χ2n) is 4.47. The van der Waals surface area contributed by atoms with Gasteiger partial charge in [0.25, 0.3) is 0 Å². The van der Waals surface area contributed by atoms with Crippen LogP contribution in [0.4, 0.5) is 8.78 Å². The molecular formula is C14H12F2N2O3S. The molecule has 0 unspecified atom stereocenters. The molecule has 0 radical (unpaired) electrons. The number of hydrogen-bond donors (Lipinski definition) is 2. The molecule has 0 heterocycles. The highest BCUT2D eigenvalue weighted by molar-refractivity contribution is 7.89. The number of rotatable bonds is 5. The van der Waals surface area contributed by atoms with Gasteiger partial charge in [0.05, 0.1) is 4.90 Å². The molecule has 1 amide bonds. The lowest BCUT2D eigenvalue weighted by atomic mass is 10.1. The number of sulfonamides is 1. The summed E-state index contributed by atoms with van der Waals surface area (Å²) in [5.41, 5.74) is 5.51. The topological polar surface area (TPSA) is 89.3 Å². The standard InChI is InChI=1S/C14H12F2N2O3S/c15-10-6-11(16)8-12(7-10)22(20,21)18-13(14(17)19)9-4-2-1-3-5-9/h1-8,13,18H,(H2,17,19)/t13-/m1/s1. The maximum absolute atomic E-state index is 13.2. The van der Waals surface area contributed by atoms with E-state index in [1.165, 1.54) is 12.1 Å². The minimum absolute atomic E-state index is 0.315. The van der Waals surface area contributed by atoms with E-state index in [4.69, 9.17) is 5.73 Å². The lowest BCUT2D eigenvalue weighted by Crippen LogP contribution is -2.37. The number of nitrogens with one attached hydrogen (secondary N) is 1. The van der Waals surface area contributed by atoms with Gasteiger partial charge in [-0.1, -0.05) is 30.3 Å². The molecule has 5 nitrogen and oxygen atoms in total. The van der Waals surface area contributed by atoms with Crippen LogP contribution >= 0.6 is 0 Å². The Bertz CT molecular complexity index is 775. The first-order chi connectivity index (χ1) is 10.3. The Balaban J connectivity index is 2.39. The van der Waals surface area contributed by atoms with Crippen molar-refractivity contribution >= 4 is 15.9 Å². The van der Waals surface area contributed by atoms with E-state index >= 15 is 0 Å². The van der Waals surface area contributed by atoms with Crippen molar-refractivity contribution in [1.29, 1.82) is 0 Å². The summed E-state index contributed by atoms with van der Waals surface area (Å²) in [5, 5.41) is 0. The van der Waals surface area contributed by atoms with Crippen LogP contribution in [0.1, 0.15) is 11.6 Å². The zero-order chi connectivity index (χ0) is 16.3. The Hall–Kier alpha value is -2.32. The van der Waals surface area contributed by atoms with Crippen LogP contribution in [0.2, 0.25) is 0 Å². The second-order valence-corrected chi connectivity index (χ2v) is 6.19. The Morgan fingerprint density at radius 2 is 1.59 bits per heavy atom. The summed E-state index contributed by atoms with van der Waals surface area (Å²) in [4.78, 5) is 10.9. The van der Waals surface area contributed by atoms with Crippen LogP contribution < -0.4 is 10.5 Å². The molecule has 0 fully saturated rings. The quantitative estimate of drug-likeness (QED) is 0.872. The molecule has 0 aliphatic rings. The molecule has 116 valence electrons. The molecule has 0 aliphatic heterocycles. The maximum atomic E-state index is 13.2. The number of carbonyl (C=O) groups excluding carboxylic acids is 1. The van der Waals surface area contributed by atoms with Crippen molar-refractivity contribution in [2.45, 2.75) is 10.9 Å². The van der Waals surface area contributed by atoms with Crippen LogP contribution in [0.25, 0.3) is 0 Å². The van der Waals surface area contributed by atoms with E-state index in [0.29, 0.717) is 23.8 Å². The van der Waals surface area contributed by atoms with Crippen molar-refractivity contribution in [3.05, 3.63) is 65.7 Å². The summed E-state index contributed by atoms with van der Waals surface area (Å²) in [6.07, 6.45) is 0. The van der Waals surface area contributed by atoms with Gasteiger partial charge >= 0.3 is 0 Å². The van der Waals surface area contributed by atoms with Crippen LogP contribution in [0.3, 0.4) is 0 Å². The molecule has 0 bridgehead atoms. The first kappa shape index (κ1) is 16.1. The highest BCUT2D eigenvalue weighted by Crippen LogP contribution is 2.18. The molecule has 3 N–H and O–H groups in total. The molecule has 2 aromatic rings. The lowest BCUT2D eigenvalue weighted by molar-refractivity contribution is -0.119. The van der Waals surface area contributed by atoms with Gasteiger partial charge in [-0.3, -0.25) is 4.79 Å². The van der Waals surface area contributed by atoms with E-state index in [1.54, 1.807) is 18.2 Å². The molecule has 0 saturated carbocycles. The van der Waals surface area contributed by atoms with E-state index in [-0.39, 0.29) is 0 Å². The van der Waals surface area contributed by atoms with Crippen molar-refractivity contribution in [2.75, 3.05) is 0 Å². The molecule has 0 aliphatic carbocycles.